The van der Waals surface area contributed by atoms with Crippen molar-refractivity contribution in [1.82, 2.24) is 30.2 Å². The van der Waals surface area contributed by atoms with Gasteiger partial charge < -0.3 is 30.4 Å². The number of carboxylic acids is 2. The van der Waals surface area contributed by atoms with Crippen LogP contribution in [0.15, 0.2) is 24.8 Å². The van der Waals surface area contributed by atoms with Crippen LogP contribution in [0.2, 0.25) is 0 Å². The van der Waals surface area contributed by atoms with Crippen LogP contribution >= 0.6 is 0 Å². The zero-order valence-electron chi connectivity index (χ0n) is 29.6. The SMILES string of the molecule is C=Cc1c(C)c2cc3nc(c(CC(=O)NCCN(C)C)c4[n-]c(cc5nc(cc1[n-]2)C(C)=C5CC)c(C)c4C(=O)O)C(CCC(=O)O)C3C.[Pd+2]. The summed E-state index contributed by atoms with van der Waals surface area (Å²) in [6.07, 6.45) is 2.41. The molecule has 1 amide bonds. The van der Waals surface area contributed by atoms with Gasteiger partial charge >= 0.3 is 32.4 Å². The van der Waals surface area contributed by atoms with E-state index in [1.807, 2.05) is 64.9 Å². The van der Waals surface area contributed by atoms with Gasteiger partial charge in [0.15, 0.2) is 0 Å². The molecular weight excluding hydrogens is 727 g/mol. The van der Waals surface area contributed by atoms with Gasteiger partial charge in [-0.15, -0.1) is 22.1 Å². The number of allylic oxidation sites excluding steroid dienone is 2. The number of rotatable bonds is 11. The van der Waals surface area contributed by atoms with Crippen LogP contribution < -0.4 is 15.3 Å². The molecule has 0 saturated heterocycles. The van der Waals surface area contributed by atoms with Gasteiger partial charge in [-0.05, 0) is 70.0 Å². The molecule has 0 radical (unpaired) electrons. The number of nitrogens with one attached hydrogen (secondary N) is 1. The van der Waals surface area contributed by atoms with Gasteiger partial charge in [0.2, 0.25) is 5.91 Å². The Hall–Kier alpha value is -4.37. The first-order valence-electron chi connectivity index (χ1n) is 16.6. The van der Waals surface area contributed by atoms with E-state index in [-0.39, 0.29) is 62.6 Å². The van der Waals surface area contributed by atoms with Crippen molar-refractivity contribution in [2.75, 3.05) is 27.2 Å². The molecule has 2 unspecified atom stereocenters. The molecule has 2 atom stereocenters. The summed E-state index contributed by atoms with van der Waals surface area (Å²) in [4.78, 5) is 60.2. The van der Waals surface area contributed by atoms with Gasteiger partial charge in [-0.3, -0.25) is 14.6 Å². The summed E-state index contributed by atoms with van der Waals surface area (Å²) < 4.78 is 0. The summed E-state index contributed by atoms with van der Waals surface area (Å²) in [7, 11) is 3.81. The fourth-order valence-electron chi connectivity index (χ4n) is 6.86. The van der Waals surface area contributed by atoms with Crippen molar-refractivity contribution in [2.45, 2.75) is 72.1 Å². The average molecular weight is 771 g/mol. The number of hydrogen-bond acceptors (Lipinski definition) is 6. The molecule has 0 fully saturated rings. The molecule has 12 heteroatoms. The zero-order chi connectivity index (χ0) is 35.7. The van der Waals surface area contributed by atoms with Crippen molar-refractivity contribution in [2.24, 2.45) is 0 Å². The number of fused-ring (bicyclic) bond motifs is 8. The smallest absolute Gasteiger partial charge is 0.657 e. The van der Waals surface area contributed by atoms with Gasteiger partial charge in [0, 0.05) is 48.3 Å². The van der Waals surface area contributed by atoms with Crippen LogP contribution in [0.1, 0.15) is 107 Å². The second-order valence-electron chi connectivity index (χ2n) is 13.1. The van der Waals surface area contributed by atoms with Crippen molar-refractivity contribution in [3.8, 4) is 0 Å². The third-order valence-electron chi connectivity index (χ3n) is 9.68. The molecule has 0 aliphatic carbocycles. The van der Waals surface area contributed by atoms with E-state index in [0.717, 1.165) is 33.5 Å². The Morgan fingerprint density at radius 3 is 2.30 bits per heavy atom. The fraction of sp³-hybridized carbons (Fsp3) is 0.395. The maximum atomic E-state index is 13.5. The number of nitrogens with zero attached hydrogens (tertiary/aromatic N) is 5. The first kappa shape index (κ1) is 38.4. The van der Waals surface area contributed by atoms with Crippen LogP contribution in [-0.2, 0) is 36.4 Å². The molecule has 11 nitrogen and oxygen atoms in total. The molecule has 8 bridgehead atoms. The number of hydrogen-bond donors (Lipinski definition) is 3. The molecule has 2 aliphatic heterocycles. The molecule has 3 N–H and O–H groups in total. The predicted octanol–water partition coefficient (Wildman–Crippen LogP) is 5.84. The number of aromatic nitrogens is 4. The van der Waals surface area contributed by atoms with E-state index in [1.165, 1.54) is 0 Å². The second-order valence-corrected chi connectivity index (χ2v) is 13.1. The largest absolute Gasteiger partial charge is 2.00 e. The topological polar surface area (TPSA) is 161 Å². The number of likely N-dealkylation sites (N-methyl/N-ethyl adjacent to an activating group) is 1. The molecule has 0 spiro atoms. The number of aromatic carboxylic acids is 1. The monoisotopic (exact) mass is 770 g/mol. The minimum absolute atomic E-state index is 0. The fourth-order valence-corrected chi connectivity index (χ4v) is 6.86. The van der Waals surface area contributed by atoms with Crippen LogP contribution in [0.3, 0.4) is 0 Å². The summed E-state index contributed by atoms with van der Waals surface area (Å²) in [6.45, 7) is 14.8. The molecule has 3 aromatic rings. The standard InChI is InChI=1S/C38H46N6O5.Pd/c1-9-23-19(3)27-16-29-21(5)25(11-12-34(46)47)36(42-29)26(15-33(45)39-13-14-44(7)8)37-35(38(48)49)22(6)30(43-37)18-32-24(10-2)20(4)28(41-32)17-31(23)40-27;/h9,16-18,21,25H,1,10-15H2,2-8H3,(H5,39,40,41,42,43,45,46,47,48,49);/q;+2/p-2. The summed E-state index contributed by atoms with van der Waals surface area (Å²) >= 11 is 0. The van der Waals surface area contributed by atoms with Gasteiger partial charge in [-0.1, -0.05) is 55.8 Å². The van der Waals surface area contributed by atoms with E-state index in [0.29, 0.717) is 58.8 Å². The Bertz CT molecular complexity index is 2060. The van der Waals surface area contributed by atoms with Gasteiger partial charge in [0.1, 0.15) is 0 Å². The molecule has 5 heterocycles. The van der Waals surface area contributed by atoms with Crippen molar-refractivity contribution < 1.29 is 45.0 Å². The van der Waals surface area contributed by atoms with Crippen molar-refractivity contribution in [3.05, 3.63) is 75.4 Å². The summed E-state index contributed by atoms with van der Waals surface area (Å²) in [6, 6.07) is 5.66. The molecule has 0 aromatic carbocycles. The van der Waals surface area contributed by atoms with E-state index >= 15 is 0 Å². The third kappa shape index (κ3) is 7.53. The second kappa shape index (κ2) is 15.7. The Morgan fingerprint density at radius 2 is 1.68 bits per heavy atom. The third-order valence-corrected chi connectivity index (χ3v) is 9.68. The van der Waals surface area contributed by atoms with E-state index < -0.39 is 17.9 Å². The van der Waals surface area contributed by atoms with Crippen LogP contribution in [0, 0.1) is 13.8 Å². The number of aryl methyl sites for hydroxylation is 2. The minimum Gasteiger partial charge on any atom is -0.657 e. The first-order chi connectivity index (χ1) is 23.2. The molecule has 5 rings (SSSR count). The average Bonchev–Trinajstić information content (AvgIpc) is 3.71. The molecule has 2 aliphatic rings. The van der Waals surface area contributed by atoms with E-state index in [1.54, 1.807) is 13.0 Å². The number of aliphatic carboxylic acids is 1. The maximum Gasteiger partial charge on any atom is 2.00 e. The number of carbonyl (C=O) groups is 3. The van der Waals surface area contributed by atoms with Gasteiger partial charge in [0.05, 0.1) is 17.8 Å². The molecular formula is C38H44N6O5Pd. The van der Waals surface area contributed by atoms with E-state index in [2.05, 4.69) is 11.9 Å². The predicted molar refractivity (Wildman–Crippen MR) is 192 cm³/mol. The summed E-state index contributed by atoms with van der Waals surface area (Å²) in [5.41, 5.74) is 9.19. The minimum atomic E-state index is -1.18. The Morgan fingerprint density at radius 1 is 1.00 bits per heavy atom. The normalized spacial score (nSPS) is 15.6. The number of carboxylic acid groups (broad SMARTS) is 2. The van der Waals surface area contributed by atoms with E-state index in [4.69, 9.17) is 19.9 Å². The van der Waals surface area contributed by atoms with Crippen LogP contribution in [-0.4, -0.2) is 70.1 Å². The van der Waals surface area contributed by atoms with Gasteiger partial charge in [-0.25, -0.2) is 9.78 Å². The number of carbonyl (C=O) groups excluding carboxylic acids is 1. The Labute approximate surface area is 306 Å². The maximum absolute atomic E-state index is 13.5. The molecule has 3 aromatic heterocycles. The van der Waals surface area contributed by atoms with Crippen molar-refractivity contribution in [3.63, 3.8) is 0 Å². The van der Waals surface area contributed by atoms with Crippen LogP contribution in [0.4, 0.5) is 0 Å². The van der Waals surface area contributed by atoms with Crippen LogP contribution in [0.25, 0.3) is 39.3 Å². The Kier molecular flexibility index (Phi) is 12.0. The van der Waals surface area contributed by atoms with Gasteiger partial charge in [0.25, 0.3) is 0 Å². The molecule has 50 heavy (non-hydrogen) atoms. The number of amides is 1. The first-order valence-corrected chi connectivity index (χ1v) is 16.6. The zero-order valence-corrected chi connectivity index (χ0v) is 31.1. The van der Waals surface area contributed by atoms with Gasteiger partial charge in [-0.2, -0.15) is 0 Å². The van der Waals surface area contributed by atoms with Crippen molar-refractivity contribution >= 4 is 57.1 Å². The molecule has 0 saturated carbocycles. The summed E-state index contributed by atoms with van der Waals surface area (Å²) in [5, 5.41) is 23.2. The summed E-state index contributed by atoms with van der Waals surface area (Å²) in [5.74, 6) is -3.11. The van der Waals surface area contributed by atoms with Crippen molar-refractivity contribution in [1.29, 1.82) is 0 Å². The van der Waals surface area contributed by atoms with E-state index in [9.17, 15) is 24.6 Å². The molecule has 266 valence electrons. The Balaban J connectivity index is 0.00000562. The van der Waals surface area contributed by atoms with Crippen LogP contribution in [0.5, 0.6) is 0 Å². The quantitative estimate of drug-likeness (QED) is 0.202.